The van der Waals surface area contributed by atoms with Crippen molar-refractivity contribution in [1.82, 2.24) is 25.3 Å². The molecule has 2 N–H and O–H groups in total. The number of ether oxygens (including phenoxy) is 1. The number of aliphatic hydroxyl groups excluding tert-OH is 1. The molecule has 4 aromatic rings. The molecule has 202 valence electrons. The Hall–Kier alpha value is -3.60. The molecule has 0 saturated carbocycles. The van der Waals surface area contributed by atoms with Crippen molar-refractivity contribution in [3.05, 3.63) is 71.8 Å². The zero-order valence-electron chi connectivity index (χ0n) is 22.3. The number of aliphatic hydroxyl groups is 1. The Morgan fingerprint density at radius 1 is 1.08 bits per heavy atom. The van der Waals surface area contributed by atoms with Gasteiger partial charge in [0, 0.05) is 41.5 Å². The third-order valence-corrected chi connectivity index (χ3v) is 7.56. The molecule has 0 aliphatic carbocycles. The Morgan fingerprint density at radius 3 is 2.67 bits per heavy atom. The standard InChI is InChI=1S/C29H32N6O3S/c1-18-16-35(17-19(2)38-18)28-6-4-5-24(34-28)25-8-7-21-13-31-23(12-26(21)33-25)15-32-29(37)22-11-27(39-10-9-36)20(3)30-14-22/h4-8,11-14,18-19,36H,9-10,15-17H2,1-3H3,(H,32,37)/t18-,19?/m1/s1. The predicted molar refractivity (Wildman–Crippen MR) is 153 cm³/mol. The fourth-order valence-corrected chi connectivity index (χ4v) is 5.40. The van der Waals surface area contributed by atoms with E-state index in [1.807, 2.05) is 43.3 Å². The average molecular weight is 545 g/mol. The van der Waals surface area contributed by atoms with Crippen LogP contribution in [0.1, 0.15) is 35.6 Å². The molecule has 1 aliphatic heterocycles. The summed E-state index contributed by atoms with van der Waals surface area (Å²) in [4.78, 5) is 34.5. The van der Waals surface area contributed by atoms with E-state index in [2.05, 4.69) is 34.0 Å². The van der Waals surface area contributed by atoms with Crippen molar-refractivity contribution in [2.24, 2.45) is 0 Å². The monoisotopic (exact) mass is 544 g/mol. The van der Waals surface area contributed by atoms with E-state index >= 15 is 0 Å². The van der Waals surface area contributed by atoms with Gasteiger partial charge in [0.25, 0.3) is 5.91 Å². The minimum Gasteiger partial charge on any atom is -0.396 e. The summed E-state index contributed by atoms with van der Waals surface area (Å²) in [6.07, 6.45) is 3.64. The molecule has 1 amide bonds. The quantitative estimate of drug-likeness (QED) is 0.318. The number of aromatic nitrogens is 4. The molecule has 0 spiro atoms. The third kappa shape index (κ3) is 6.52. The summed E-state index contributed by atoms with van der Waals surface area (Å²) in [5.41, 5.74) is 4.36. The van der Waals surface area contributed by atoms with Crippen LogP contribution in [0.25, 0.3) is 22.3 Å². The van der Waals surface area contributed by atoms with Gasteiger partial charge in [0.2, 0.25) is 0 Å². The maximum atomic E-state index is 12.8. The van der Waals surface area contributed by atoms with E-state index in [1.165, 1.54) is 11.8 Å². The van der Waals surface area contributed by atoms with Crippen LogP contribution in [0.5, 0.6) is 0 Å². The van der Waals surface area contributed by atoms with Crippen LogP contribution >= 0.6 is 11.8 Å². The number of carbonyl (C=O) groups is 1. The van der Waals surface area contributed by atoms with Crippen LogP contribution in [0, 0.1) is 6.92 Å². The van der Waals surface area contributed by atoms with E-state index in [9.17, 15) is 4.79 Å². The second kappa shape index (κ2) is 12.1. The molecule has 39 heavy (non-hydrogen) atoms. The molecular formula is C29H32N6O3S. The molecule has 4 aromatic heterocycles. The summed E-state index contributed by atoms with van der Waals surface area (Å²) in [7, 11) is 0. The van der Waals surface area contributed by atoms with Crippen LogP contribution in [0.4, 0.5) is 5.82 Å². The topological polar surface area (TPSA) is 113 Å². The highest BCUT2D eigenvalue weighted by Gasteiger charge is 2.23. The largest absolute Gasteiger partial charge is 0.396 e. The Bertz CT molecular complexity index is 1470. The van der Waals surface area contributed by atoms with Gasteiger partial charge < -0.3 is 20.1 Å². The van der Waals surface area contributed by atoms with Crippen LogP contribution in [-0.2, 0) is 11.3 Å². The van der Waals surface area contributed by atoms with Crippen LogP contribution in [0.2, 0.25) is 0 Å². The molecule has 9 nitrogen and oxygen atoms in total. The van der Waals surface area contributed by atoms with Gasteiger partial charge in [0.1, 0.15) is 5.82 Å². The van der Waals surface area contributed by atoms with Crippen molar-refractivity contribution in [2.45, 2.75) is 44.4 Å². The summed E-state index contributed by atoms with van der Waals surface area (Å²) in [5.74, 6) is 1.23. The van der Waals surface area contributed by atoms with Gasteiger partial charge in [-0.1, -0.05) is 6.07 Å². The van der Waals surface area contributed by atoms with E-state index in [4.69, 9.17) is 19.8 Å². The number of aryl methyl sites for hydroxylation is 1. The van der Waals surface area contributed by atoms with Crippen LogP contribution in [0.3, 0.4) is 0 Å². The average Bonchev–Trinajstić information content (AvgIpc) is 2.94. The SMILES string of the molecule is Cc1ncc(C(=O)NCc2cc3nc(-c4cccc(N5CC(C)O[C@H](C)C5)n4)ccc3cn2)cc1SCCO. The van der Waals surface area contributed by atoms with Gasteiger partial charge in [-0.3, -0.25) is 14.8 Å². The summed E-state index contributed by atoms with van der Waals surface area (Å²) < 4.78 is 5.87. The van der Waals surface area contributed by atoms with Gasteiger partial charge in [-0.05, 0) is 57.2 Å². The Labute approximate surface area is 232 Å². The Balaban J connectivity index is 1.31. The molecule has 2 atom stereocenters. The number of pyridine rings is 4. The maximum Gasteiger partial charge on any atom is 0.253 e. The minimum atomic E-state index is -0.232. The van der Waals surface area contributed by atoms with Crippen molar-refractivity contribution >= 4 is 34.4 Å². The number of amides is 1. The lowest BCUT2D eigenvalue weighted by atomic mass is 10.1. The number of rotatable bonds is 8. The Kier molecular flexibility index (Phi) is 8.35. The molecule has 5 heterocycles. The number of hydrogen-bond donors (Lipinski definition) is 2. The Morgan fingerprint density at radius 2 is 1.87 bits per heavy atom. The van der Waals surface area contributed by atoms with E-state index in [0.29, 0.717) is 17.0 Å². The third-order valence-electron chi connectivity index (χ3n) is 6.45. The first kappa shape index (κ1) is 27.0. The van der Waals surface area contributed by atoms with Gasteiger partial charge in [-0.15, -0.1) is 11.8 Å². The van der Waals surface area contributed by atoms with Crippen molar-refractivity contribution in [2.75, 3.05) is 30.3 Å². The number of fused-ring (bicyclic) bond motifs is 1. The number of nitrogens with one attached hydrogen (secondary N) is 1. The predicted octanol–water partition coefficient (Wildman–Crippen LogP) is 4.02. The number of anilines is 1. The number of morpholine rings is 1. The highest BCUT2D eigenvalue weighted by molar-refractivity contribution is 7.99. The normalized spacial score (nSPS) is 17.4. The number of thioether (sulfide) groups is 1. The maximum absolute atomic E-state index is 12.8. The molecule has 0 radical (unpaired) electrons. The minimum absolute atomic E-state index is 0.0673. The van der Waals surface area contributed by atoms with Crippen molar-refractivity contribution in [3.63, 3.8) is 0 Å². The van der Waals surface area contributed by atoms with Gasteiger partial charge in [-0.25, -0.2) is 9.97 Å². The van der Waals surface area contributed by atoms with E-state index in [1.54, 1.807) is 18.5 Å². The summed E-state index contributed by atoms with van der Waals surface area (Å²) in [5, 5.41) is 12.9. The lowest BCUT2D eigenvalue weighted by Gasteiger charge is -2.36. The van der Waals surface area contributed by atoms with Crippen LogP contribution < -0.4 is 10.2 Å². The van der Waals surface area contributed by atoms with Gasteiger partial charge >= 0.3 is 0 Å². The molecule has 0 aromatic carbocycles. The summed E-state index contributed by atoms with van der Waals surface area (Å²) >= 11 is 1.48. The molecule has 1 aliphatic rings. The first-order valence-electron chi connectivity index (χ1n) is 13.0. The molecule has 1 fully saturated rings. The molecule has 5 rings (SSSR count). The second-order valence-electron chi connectivity index (χ2n) is 9.67. The highest BCUT2D eigenvalue weighted by Crippen LogP contribution is 2.25. The lowest BCUT2D eigenvalue weighted by Crippen LogP contribution is -2.45. The van der Waals surface area contributed by atoms with E-state index in [0.717, 1.165) is 51.8 Å². The molecule has 10 heteroatoms. The van der Waals surface area contributed by atoms with Crippen molar-refractivity contribution in [1.29, 1.82) is 0 Å². The van der Waals surface area contributed by atoms with Crippen LogP contribution in [-0.4, -0.2) is 68.6 Å². The lowest BCUT2D eigenvalue weighted by molar-refractivity contribution is -0.00545. The van der Waals surface area contributed by atoms with Crippen LogP contribution in [0.15, 0.2) is 59.8 Å². The zero-order chi connectivity index (χ0) is 27.4. The molecule has 1 unspecified atom stereocenters. The summed E-state index contributed by atoms with van der Waals surface area (Å²) in [6.45, 7) is 7.98. The smallest absolute Gasteiger partial charge is 0.253 e. The van der Waals surface area contributed by atoms with Gasteiger partial charge in [0.15, 0.2) is 0 Å². The first-order chi connectivity index (χ1) is 18.9. The van der Waals surface area contributed by atoms with E-state index in [-0.39, 0.29) is 31.3 Å². The van der Waals surface area contributed by atoms with Crippen molar-refractivity contribution in [3.8, 4) is 11.4 Å². The number of nitrogens with zero attached hydrogens (tertiary/aromatic N) is 5. The second-order valence-corrected chi connectivity index (χ2v) is 10.8. The van der Waals surface area contributed by atoms with Crippen molar-refractivity contribution < 1.29 is 14.6 Å². The van der Waals surface area contributed by atoms with Gasteiger partial charge in [0.05, 0.1) is 59.2 Å². The molecular weight excluding hydrogens is 512 g/mol. The first-order valence-corrected chi connectivity index (χ1v) is 14.0. The molecule has 0 bridgehead atoms. The number of hydrogen-bond acceptors (Lipinski definition) is 9. The zero-order valence-corrected chi connectivity index (χ0v) is 23.1. The molecule has 1 saturated heterocycles. The van der Waals surface area contributed by atoms with E-state index < -0.39 is 0 Å². The number of carbonyl (C=O) groups excluding carboxylic acids is 1. The fourth-order valence-electron chi connectivity index (χ4n) is 4.62. The fraction of sp³-hybridized carbons (Fsp3) is 0.345. The van der Waals surface area contributed by atoms with Gasteiger partial charge in [-0.2, -0.15) is 0 Å². The highest BCUT2D eigenvalue weighted by atomic mass is 32.2. The summed E-state index contributed by atoms with van der Waals surface area (Å²) in [6, 6.07) is 13.6.